The van der Waals surface area contributed by atoms with Crippen molar-refractivity contribution < 1.29 is 14.6 Å². The van der Waals surface area contributed by atoms with E-state index in [4.69, 9.17) is 10.5 Å². The van der Waals surface area contributed by atoms with Crippen molar-refractivity contribution in [3.8, 4) is 11.5 Å². The lowest BCUT2D eigenvalue weighted by Gasteiger charge is -2.04. The van der Waals surface area contributed by atoms with Gasteiger partial charge in [-0.25, -0.2) is 0 Å². The molecule has 0 atom stereocenters. The van der Waals surface area contributed by atoms with Crippen LogP contribution in [0.4, 0.5) is 0 Å². The molecule has 0 saturated heterocycles. The summed E-state index contributed by atoms with van der Waals surface area (Å²) in [5.74, 6) is 0.245. The van der Waals surface area contributed by atoms with Gasteiger partial charge in [0.2, 0.25) is 0 Å². The molecule has 0 heterocycles. The smallest absolute Gasteiger partial charge is 0.164 e. The van der Waals surface area contributed by atoms with Crippen molar-refractivity contribution in [1.82, 2.24) is 0 Å². The van der Waals surface area contributed by atoms with E-state index in [0.717, 1.165) is 0 Å². The summed E-state index contributed by atoms with van der Waals surface area (Å²) in [6.45, 7) is 0.311. The molecule has 0 bridgehead atoms. The van der Waals surface area contributed by atoms with Gasteiger partial charge in [0.25, 0.3) is 0 Å². The van der Waals surface area contributed by atoms with E-state index in [-0.39, 0.29) is 18.0 Å². The molecule has 0 saturated carbocycles. The van der Waals surface area contributed by atoms with Gasteiger partial charge in [0.1, 0.15) is 0 Å². The average molecular weight is 195 g/mol. The Morgan fingerprint density at radius 2 is 2.29 bits per heavy atom. The molecule has 0 radical (unpaired) electrons. The van der Waals surface area contributed by atoms with Crippen molar-refractivity contribution in [2.24, 2.45) is 5.73 Å². The zero-order chi connectivity index (χ0) is 10.6. The third-order valence-corrected chi connectivity index (χ3v) is 1.87. The Hall–Kier alpha value is -1.55. The number of ketones is 1. The van der Waals surface area contributed by atoms with Gasteiger partial charge >= 0.3 is 0 Å². The molecule has 4 heteroatoms. The van der Waals surface area contributed by atoms with Crippen LogP contribution in [0.15, 0.2) is 18.2 Å². The van der Waals surface area contributed by atoms with E-state index in [1.54, 1.807) is 12.1 Å². The Bertz CT molecular complexity index is 336. The van der Waals surface area contributed by atoms with Crippen LogP contribution in [0.2, 0.25) is 0 Å². The van der Waals surface area contributed by atoms with Crippen LogP contribution in [0, 0.1) is 0 Å². The summed E-state index contributed by atoms with van der Waals surface area (Å²) in [4.78, 5) is 11.4. The van der Waals surface area contributed by atoms with Crippen molar-refractivity contribution in [1.29, 1.82) is 0 Å². The van der Waals surface area contributed by atoms with Crippen LogP contribution in [0.1, 0.15) is 16.8 Å². The summed E-state index contributed by atoms with van der Waals surface area (Å²) in [5.41, 5.74) is 5.71. The first-order chi connectivity index (χ1) is 6.69. The fourth-order valence-electron chi connectivity index (χ4n) is 1.14. The molecular weight excluding hydrogens is 182 g/mol. The van der Waals surface area contributed by atoms with Crippen LogP contribution in [-0.2, 0) is 0 Å². The average Bonchev–Trinajstić information content (AvgIpc) is 2.18. The number of aromatic hydroxyl groups is 1. The first-order valence-electron chi connectivity index (χ1n) is 4.29. The summed E-state index contributed by atoms with van der Waals surface area (Å²) in [5, 5.41) is 9.40. The molecule has 0 fully saturated rings. The zero-order valence-electron chi connectivity index (χ0n) is 7.99. The van der Waals surface area contributed by atoms with E-state index in [2.05, 4.69) is 0 Å². The van der Waals surface area contributed by atoms with Crippen LogP contribution in [0.3, 0.4) is 0 Å². The topological polar surface area (TPSA) is 72.5 Å². The zero-order valence-corrected chi connectivity index (χ0v) is 7.99. The van der Waals surface area contributed by atoms with Crippen molar-refractivity contribution in [2.75, 3.05) is 13.7 Å². The first kappa shape index (κ1) is 10.5. The largest absolute Gasteiger partial charge is 0.504 e. The lowest BCUT2D eigenvalue weighted by atomic mass is 10.1. The number of hydrogen-bond donors (Lipinski definition) is 2. The number of hydrogen-bond acceptors (Lipinski definition) is 4. The van der Waals surface area contributed by atoms with E-state index in [9.17, 15) is 9.90 Å². The molecule has 1 aromatic carbocycles. The number of phenols is 1. The second-order valence-corrected chi connectivity index (χ2v) is 2.85. The van der Waals surface area contributed by atoms with Crippen molar-refractivity contribution >= 4 is 5.78 Å². The predicted molar refractivity (Wildman–Crippen MR) is 52.7 cm³/mol. The highest BCUT2D eigenvalue weighted by Gasteiger charge is 2.08. The lowest BCUT2D eigenvalue weighted by Crippen LogP contribution is -2.07. The molecule has 1 aromatic rings. The van der Waals surface area contributed by atoms with Crippen molar-refractivity contribution in [3.05, 3.63) is 23.8 Å². The van der Waals surface area contributed by atoms with Gasteiger partial charge in [0, 0.05) is 12.0 Å². The van der Waals surface area contributed by atoms with Crippen LogP contribution < -0.4 is 10.5 Å². The molecule has 14 heavy (non-hydrogen) atoms. The molecule has 0 unspecified atom stereocenters. The van der Waals surface area contributed by atoms with Crippen LogP contribution in [0.25, 0.3) is 0 Å². The summed E-state index contributed by atoms with van der Waals surface area (Å²) in [7, 11) is 1.45. The molecular formula is C10H13NO3. The second kappa shape index (κ2) is 4.62. The summed E-state index contributed by atoms with van der Waals surface area (Å²) < 4.78 is 4.85. The van der Waals surface area contributed by atoms with E-state index in [1.165, 1.54) is 13.2 Å². The number of carbonyl (C=O) groups excluding carboxylic acids is 1. The molecule has 0 aliphatic heterocycles. The number of methoxy groups -OCH3 is 1. The number of carbonyl (C=O) groups is 1. The third kappa shape index (κ3) is 2.23. The number of Topliss-reactive ketones (excluding diaryl/α,β-unsaturated/α-hetero) is 1. The molecule has 1 rings (SSSR count). The Labute approximate surface area is 82.3 Å². The minimum absolute atomic E-state index is 0.0321. The molecule has 0 aliphatic carbocycles. The summed E-state index contributed by atoms with van der Waals surface area (Å²) in [6, 6.07) is 4.55. The normalized spacial score (nSPS) is 9.86. The Kier molecular flexibility index (Phi) is 3.48. The quantitative estimate of drug-likeness (QED) is 0.701. The van der Waals surface area contributed by atoms with Crippen LogP contribution in [-0.4, -0.2) is 24.5 Å². The van der Waals surface area contributed by atoms with Gasteiger partial charge in [-0.05, 0) is 24.7 Å². The maximum atomic E-state index is 11.4. The number of rotatable bonds is 4. The standard InChI is InChI=1S/C10H13NO3/c1-14-10-3-2-7(6-9(10)13)8(12)4-5-11/h2-3,6,13H,4-5,11H2,1H3. The molecule has 0 aromatic heterocycles. The first-order valence-corrected chi connectivity index (χ1v) is 4.29. The Morgan fingerprint density at radius 1 is 1.57 bits per heavy atom. The molecule has 0 amide bonds. The van der Waals surface area contributed by atoms with Crippen molar-refractivity contribution in [2.45, 2.75) is 6.42 Å². The number of nitrogens with two attached hydrogens (primary N) is 1. The molecule has 76 valence electrons. The highest BCUT2D eigenvalue weighted by Crippen LogP contribution is 2.26. The van der Waals surface area contributed by atoms with Gasteiger partial charge < -0.3 is 15.6 Å². The number of phenolic OH excluding ortho intramolecular Hbond substituents is 1. The number of benzene rings is 1. The van der Waals surface area contributed by atoms with Crippen molar-refractivity contribution in [3.63, 3.8) is 0 Å². The van der Waals surface area contributed by atoms with E-state index in [0.29, 0.717) is 17.9 Å². The fraction of sp³-hybridized carbons (Fsp3) is 0.300. The Balaban J connectivity index is 2.91. The number of ether oxygens (including phenoxy) is 1. The molecule has 0 aliphatic rings. The highest BCUT2D eigenvalue weighted by atomic mass is 16.5. The third-order valence-electron chi connectivity index (χ3n) is 1.87. The maximum absolute atomic E-state index is 11.4. The molecule has 4 nitrogen and oxygen atoms in total. The minimum Gasteiger partial charge on any atom is -0.504 e. The van der Waals surface area contributed by atoms with Gasteiger partial charge in [0.05, 0.1) is 7.11 Å². The lowest BCUT2D eigenvalue weighted by molar-refractivity contribution is 0.0985. The summed E-state index contributed by atoms with van der Waals surface area (Å²) in [6.07, 6.45) is 0.284. The summed E-state index contributed by atoms with van der Waals surface area (Å²) >= 11 is 0. The van der Waals surface area contributed by atoms with Gasteiger partial charge in [0.15, 0.2) is 17.3 Å². The Morgan fingerprint density at radius 3 is 2.79 bits per heavy atom. The van der Waals surface area contributed by atoms with E-state index < -0.39 is 0 Å². The van der Waals surface area contributed by atoms with Crippen LogP contribution in [0.5, 0.6) is 11.5 Å². The van der Waals surface area contributed by atoms with E-state index in [1.807, 2.05) is 0 Å². The fourth-order valence-corrected chi connectivity index (χ4v) is 1.14. The van der Waals surface area contributed by atoms with Gasteiger partial charge in [-0.15, -0.1) is 0 Å². The van der Waals surface area contributed by atoms with Crippen LogP contribution >= 0.6 is 0 Å². The van der Waals surface area contributed by atoms with Gasteiger partial charge in [-0.3, -0.25) is 4.79 Å². The SMILES string of the molecule is COc1ccc(C(=O)CCN)cc1O. The van der Waals surface area contributed by atoms with Gasteiger partial charge in [-0.2, -0.15) is 0 Å². The maximum Gasteiger partial charge on any atom is 0.164 e. The molecule has 3 N–H and O–H groups in total. The second-order valence-electron chi connectivity index (χ2n) is 2.85. The highest BCUT2D eigenvalue weighted by molar-refractivity contribution is 5.96. The monoisotopic (exact) mass is 195 g/mol. The van der Waals surface area contributed by atoms with E-state index >= 15 is 0 Å². The molecule has 0 spiro atoms. The minimum atomic E-state index is -0.0783. The van der Waals surface area contributed by atoms with Gasteiger partial charge in [-0.1, -0.05) is 0 Å². The predicted octanol–water partition coefficient (Wildman–Crippen LogP) is 0.932.